The molecule has 31 heavy (non-hydrogen) atoms. The van der Waals surface area contributed by atoms with Gasteiger partial charge in [-0.2, -0.15) is 0 Å². The maximum Gasteiger partial charge on any atom is 0.328 e. The molecule has 0 saturated carbocycles. The molecule has 6 heteroatoms. The number of carbonyl (C=O) groups is 2. The van der Waals surface area contributed by atoms with Gasteiger partial charge in [-0.3, -0.25) is 4.79 Å². The van der Waals surface area contributed by atoms with Crippen LogP contribution in [0.2, 0.25) is 0 Å². The topological polar surface area (TPSA) is 95.1 Å². The van der Waals surface area contributed by atoms with Gasteiger partial charge in [-0.1, -0.05) is 68.8 Å². The van der Waals surface area contributed by atoms with Crippen molar-refractivity contribution in [3.8, 4) is 22.6 Å². The number of hydrogen-bond acceptors (Lipinski definition) is 3. The fourth-order valence-corrected chi connectivity index (χ4v) is 3.17. The summed E-state index contributed by atoms with van der Waals surface area (Å²) in [6.45, 7) is 4.79. The highest BCUT2D eigenvalue weighted by atomic mass is 16.4. The third-order valence-electron chi connectivity index (χ3n) is 4.98. The Hall–Kier alpha value is -3.67. The van der Waals surface area contributed by atoms with E-state index in [4.69, 9.17) is 10.1 Å². The molecule has 0 aliphatic carbocycles. The van der Waals surface area contributed by atoms with Crippen LogP contribution >= 0.6 is 0 Å². The molecule has 0 bridgehead atoms. The quantitative estimate of drug-likeness (QED) is 0.340. The number of unbranched alkanes of at least 4 members (excludes halogenated alkanes) is 1. The van der Waals surface area contributed by atoms with Gasteiger partial charge in [-0.25, -0.2) is 9.78 Å². The number of aromatic nitrogens is 2. The summed E-state index contributed by atoms with van der Waals surface area (Å²) in [6.07, 6.45) is 5.49. The average molecular weight is 418 g/mol. The largest absolute Gasteiger partial charge is 0.478 e. The Morgan fingerprint density at radius 1 is 1.03 bits per heavy atom. The maximum absolute atomic E-state index is 12.8. The normalized spacial score (nSPS) is 11.0. The molecule has 2 aromatic carbocycles. The molecular formula is C25H27N3O3. The first-order valence-corrected chi connectivity index (χ1v) is 10.5. The van der Waals surface area contributed by atoms with Crippen LogP contribution in [-0.2, 0) is 11.2 Å². The lowest BCUT2D eigenvalue weighted by molar-refractivity contribution is -0.131. The van der Waals surface area contributed by atoms with Gasteiger partial charge in [0.2, 0.25) is 0 Å². The van der Waals surface area contributed by atoms with Crippen molar-refractivity contribution in [3.63, 3.8) is 0 Å². The van der Waals surface area contributed by atoms with Crippen LogP contribution < -0.4 is 5.32 Å². The number of nitrogens with one attached hydrogen (secondary N) is 2. The summed E-state index contributed by atoms with van der Waals surface area (Å²) in [7, 11) is 0. The van der Waals surface area contributed by atoms with Crippen molar-refractivity contribution in [2.75, 3.05) is 6.54 Å². The first-order chi connectivity index (χ1) is 15.0. The molecule has 3 N–H and O–H groups in total. The highest BCUT2D eigenvalue weighted by Gasteiger charge is 2.19. The highest BCUT2D eigenvalue weighted by Crippen LogP contribution is 2.27. The number of H-pyrrole nitrogens is 1. The van der Waals surface area contributed by atoms with E-state index in [9.17, 15) is 9.59 Å². The number of nitrogens with zero attached hydrogens (tertiary/aromatic N) is 1. The van der Waals surface area contributed by atoms with Crippen molar-refractivity contribution in [2.24, 2.45) is 0 Å². The molecule has 6 nitrogen and oxygen atoms in total. The van der Waals surface area contributed by atoms with Gasteiger partial charge in [0.1, 0.15) is 17.2 Å². The van der Waals surface area contributed by atoms with Crippen LogP contribution in [0.4, 0.5) is 0 Å². The number of hydrogen-bond donors (Lipinski definition) is 3. The highest BCUT2D eigenvalue weighted by molar-refractivity contribution is 5.99. The minimum absolute atomic E-state index is 0.178. The number of rotatable bonds is 9. The molecule has 3 aromatic rings. The number of imidazole rings is 1. The van der Waals surface area contributed by atoms with Crippen LogP contribution in [0.1, 0.15) is 48.3 Å². The first-order valence-electron chi connectivity index (χ1n) is 10.5. The number of aryl methyl sites for hydroxylation is 1. The molecule has 160 valence electrons. The van der Waals surface area contributed by atoms with E-state index >= 15 is 0 Å². The predicted molar refractivity (Wildman–Crippen MR) is 123 cm³/mol. The van der Waals surface area contributed by atoms with Crippen LogP contribution in [0, 0.1) is 0 Å². The zero-order valence-corrected chi connectivity index (χ0v) is 17.8. The van der Waals surface area contributed by atoms with Crippen molar-refractivity contribution in [1.82, 2.24) is 15.3 Å². The lowest BCUT2D eigenvalue weighted by Crippen LogP contribution is -2.25. The van der Waals surface area contributed by atoms with E-state index in [1.807, 2.05) is 48.5 Å². The van der Waals surface area contributed by atoms with Gasteiger partial charge in [0.25, 0.3) is 5.91 Å². The lowest BCUT2D eigenvalue weighted by atomic mass is 10.1. The van der Waals surface area contributed by atoms with Gasteiger partial charge in [0.15, 0.2) is 0 Å². The van der Waals surface area contributed by atoms with Gasteiger partial charge in [0.05, 0.1) is 0 Å². The maximum atomic E-state index is 12.8. The number of carboxylic acid groups (broad SMARTS) is 1. The number of aromatic amines is 1. The zero-order chi connectivity index (χ0) is 22.2. The molecule has 1 heterocycles. The lowest BCUT2D eigenvalue weighted by Gasteiger charge is -2.05. The SMILES string of the molecule is CCCCNC(=O)c1[nH]c(-c2ccc(/C=C/C(=O)O)cc2)nc1-c1ccc(CC)cc1. The summed E-state index contributed by atoms with van der Waals surface area (Å²) in [5.74, 6) is -0.584. The fourth-order valence-electron chi connectivity index (χ4n) is 3.17. The molecule has 0 fully saturated rings. The van der Waals surface area contributed by atoms with E-state index in [0.717, 1.165) is 42.0 Å². The summed E-state index contributed by atoms with van der Waals surface area (Å²) in [5.41, 5.74) is 4.73. The van der Waals surface area contributed by atoms with Crippen molar-refractivity contribution in [3.05, 3.63) is 71.4 Å². The molecule has 0 spiro atoms. The van der Waals surface area contributed by atoms with Gasteiger partial charge in [-0.15, -0.1) is 0 Å². The summed E-state index contributed by atoms with van der Waals surface area (Å²) >= 11 is 0. The van der Waals surface area contributed by atoms with Crippen molar-refractivity contribution >= 4 is 18.0 Å². The summed E-state index contributed by atoms with van der Waals surface area (Å²) in [5, 5.41) is 11.7. The second-order valence-corrected chi connectivity index (χ2v) is 7.26. The Bertz CT molecular complexity index is 1060. The zero-order valence-electron chi connectivity index (χ0n) is 17.8. The summed E-state index contributed by atoms with van der Waals surface area (Å²) in [6, 6.07) is 15.4. The third-order valence-corrected chi connectivity index (χ3v) is 4.98. The van der Waals surface area contributed by atoms with Gasteiger partial charge < -0.3 is 15.4 Å². The minimum atomic E-state index is -0.993. The van der Waals surface area contributed by atoms with E-state index in [0.29, 0.717) is 23.8 Å². The molecule has 1 aromatic heterocycles. The van der Waals surface area contributed by atoms with E-state index in [1.54, 1.807) is 0 Å². The van der Waals surface area contributed by atoms with Crippen LogP contribution in [0.25, 0.3) is 28.7 Å². The monoisotopic (exact) mass is 417 g/mol. The molecule has 0 aliphatic heterocycles. The molecule has 0 radical (unpaired) electrons. The summed E-state index contributed by atoms with van der Waals surface area (Å²) in [4.78, 5) is 31.4. The fraction of sp³-hybridized carbons (Fsp3) is 0.240. The third kappa shape index (κ3) is 5.69. The average Bonchev–Trinajstić information content (AvgIpc) is 3.24. The van der Waals surface area contributed by atoms with Crippen molar-refractivity contribution in [2.45, 2.75) is 33.1 Å². The van der Waals surface area contributed by atoms with Crippen LogP contribution in [0.3, 0.4) is 0 Å². The van der Waals surface area contributed by atoms with Crippen LogP contribution in [0.15, 0.2) is 54.6 Å². The Balaban J connectivity index is 1.95. The molecule has 1 amide bonds. The first kappa shape index (κ1) is 22.0. The Kier molecular flexibility index (Phi) is 7.38. The molecule has 0 saturated heterocycles. The van der Waals surface area contributed by atoms with Crippen LogP contribution in [0.5, 0.6) is 0 Å². The van der Waals surface area contributed by atoms with Crippen molar-refractivity contribution < 1.29 is 14.7 Å². The number of carboxylic acids is 1. The molecular weight excluding hydrogens is 390 g/mol. The number of aliphatic carboxylic acids is 1. The number of benzene rings is 2. The molecule has 0 atom stereocenters. The van der Waals surface area contributed by atoms with E-state index < -0.39 is 5.97 Å². The number of carbonyl (C=O) groups excluding carboxylic acids is 1. The minimum Gasteiger partial charge on any atom is -0.478 e. The van der Waals surface area contributed by atoms with Crippen molar-refractivity contribution in [1.29, 1.82) is 0 Å². The predicted octanol–water partition coefficient (Wildman–Crippen LogP) is 4.93. The molecule has 3 rings (SSSR count). The van der Waals surface area contributed by atoms with Crippen LogP contribution in [-0.4, -0.2) is 33.5 Å². The molecule has 0 aliphatic rings. The Morgan fingerprint density at radius 2 is 1.71 bits per heavy atom. The molecule has 0 unspecified atom stereocenters. The second-order valence-electron chi connectivity index (χ2n) is 7.26. The van der Waals surface area contributed by atoms with Gasteiger partial charge in [-0.05, 0) is 30.0 Å². The smallest absolute Gasteiger partial charge is 0.328 e. The second kappa shape index (κ2) is 10.4. The summed E-state index contributed by atoms with van der Waals surface area (Å²) < 4.78 is 0. The Morgan fingerprint density at radius 3 is 2.32 bits per heavy atom. The van der Waals surface area contributed by atoms with E-state index in [1.165, 1.54) is 11.6 Å². The number of amides is 1. The standard InChI is InChI=1S/C25H27N3O3/c1-3-5-16-26-25(31)23-22(19-11-6-17(4-2)7-12-19)27-24(28-23)20-13-8-18(9-14-20)10-15-21(29)30/h6-15H,3-5,16H2,1-2H3,(H,26,31)(H,27,28)(H,29,30)/b15-10+. The van der Waals surface area contributed by atoms with E-state index in [-0.39, 0.29) is 5.91 Å². The Labute approximate surface area is 182 Å². The van der Waals surface area contributed by atoms with Gasteiger partial charge >= 0.3 is 5.97 Å². The van der Waals surface area contributed by atoms with Gasteiger partial charge in [0, 0.05) is 23.7 Å². The van der Waals surface area contributed by atoms with E-state index in [2.05, 4.69) is 24.1 Å².